The van der Waals surface area contributed by atoms with Crippen molar-refractivity contribution in [1.82, 2.24) is 0 Å². The molecule has 0 aliphatic rings. The van der Waals surface area contributed by atoms with E-state index < -0.39 is 4.92 Å². The van der Waals surface area contributed by atoms with Gasteiger partial charge >= 0.3 is 0 Å². The Labute approximate surface area is 110 Å². The zero-order chi connectivity index (χ0) is 13.5. The lowest BCUT2D eigenvalue weighted by atomic mass is 10.2. The minimum absolute atomic E-state index is 0.186. The minimum Gasteiger partial charge on any atom is -0.320 e. The van der Waals surface area contributed by atoms with Gasteiger partial charge in [-0.3, -0.25) is 14.9 Å². The van der Waals surface area contributed by atoms with Crippen LogP contribution in [0.5, 0.6) is 0 Å². The third kappa shape index (κ3) is 4.33. The molecule has 6 heteroatoms. The molecule has 1 N–H and O–H groups in total. The van der Waals surface area contributed by atoms with E-state index in [4.69, 9.17) is 11.6 Å². The number of carbonyl (C=O) groups excluding carboxylic acids is 1. The number of nitro groups is 1. The molecule has 1 aromatic rings. The first-order valence-electron chi connectivity index (χ1n) is 5.78. The topological polar surface area (TPSA) is 72.2 Å². The Morgan fingerprint density at radius 3 is 2.78 bits per heavy atom. The fourth-order valence-electron chi connectivity index (χ4n) is 1.51. The molecule has 0 radical (unpaired) electrons. The van der Waals surface area contributed by atoms with E-state index in [9.17, 15) is 14.9 Å². The van der Waals surface area contributed by atoms with Crippen LogP contribution in [0.4, 0.5) is 11.4 Å². The van der Waals surface area contributed by atoms with Gasteiger partial charge in [0.05, 0.1) is 4.92 Å². The van der Waals surface area contributed by atoms with Gasteiger partial charge in [-0.15, -0.1) is 0 Å². The van der Waals surface area contributed by atoms with Gasteiger partial charge in [0.15, 0.2) is 0 Å². The van der Waals surface area contributed by atoms with Crippen LogP contribution in [0.15, 0.2) is 18.2 Å². The van der Waals surface area contributed by atoms with Crippen LogP contribution in [-0.4, -0.2) is 10.8 Å². The van der Waals surface area contributed by atoms with Crippen molar-refractivity contribution in [3.8, 4) is 0 Å². The molecular weight excluding hydrogens is 256 g/mol. The smallest absolute Gasteiger partial charge is 0.294 e. The van der Waals surface area contributed by atoms with Gasteiger partial charge in [-0.2, -0.15) is 0 Å². The molecule has 0 aliphatic carbocycles. The van der Waals surface area contributed by atoms with Crippen LogP contribution in [0.3, 0.4) is 0 Å². The molecule has 0 unspecified atom stereocenters. The molecule has 0 spiro atoms. The second-order valence-electron chi connectivity index (χ2n) is 3.92. The number of nitrogens with zero attached hydrogens (tertiary/aromatic N) is 1. The third-order valence-electron chi connectivity index (χ3n) is 2.44. The summed E-state index contributed by atoms with van der Waals surface area (Å²) < 4.78 is 0. The van der Waals surface area contributed by atoms with Gasteiger partial charge in [0.1, 0.15) is 5.69 Å². The second kappa shape index (κ2) is 6.96. The van der Waals surface area contributed by atoms with Crippen LogP contribution >= 0.6 is 11.6 Å². The zero-order valence-electron chi connectivity index (χ0n) is 10.1. The fourth-order valence-corrected chi connectivity index (χ4v) is 1.68. The lowest BCUT2D eigenvalue weighted by Gasteiger charge is -2.06. The molecule has 0 bridgehead atoms. The van der Waals surface area contributed by atoms with Gasteiger partial charge in [-0.25, -0.2) is 0 Å². The van der Waals surface area contributed by atoms with Crippen molar-refractivity contribution in [2.75, 3.05) is 5.32 Å². The Balaban J connectivity index is 2.72. The highest BCUT2D eigenvalue weighted by atomic mass is 35.5. The molecule has 18 heavy (non-hydrogen) atoms. The summed E-state index contributed by atoms with van der Waals surface area (Å²) in [5, 5.41) is 13.6. The molecule has 5 nitrogen and oxygen atoms in total. The average molecular weight is 271 g/mol. The highest BCUT2D eigenvalue weighted by Crippen LogP contribution is 2.27. The summed E-state index contributed by atoms with van der Waals surface area (Å²) in [4.78, 5) is 21.8. The SMILES string of the molecule is CCCCCC(=O)Nc1ccc(Cl)cc1[N+](=O)[O-]. The van der Waals surface area contributed by atoms with Crippen LogP contribution in [0.1, 0.15) is 32.6 Å². The molecule has 0 aromatic heterocycles. The van der Waals surface area contributed by atoms with Crippen molar-refractivity contribution < 1.29 is 9.72 Å². The van der Waals surface area contributed by atoms with E-state index in [2.05, 4.69) is 5.32 Å². The van der Waals surface area contributed by atoms with Crippen molar-refractivity contribution >= 4 is 28.9 Å². The largest absolute Gasteiger partial charge is 0.320 e. The molecule has 0 fully saturated rings. The van der Waals surface area contributed by atoms with Gasteiger partial charge in [0, 0.05) is 17.5 Å². The number of hydrogen-bond acceptors (Lipinski definition) is 3. The molecule has 0 saturated heterocycles. The first-order valence-corrected chi connectivity index (χ1v) is 6.16. The van der Waals surface area contributed by atoms with Crippen molar-refractivity contribution in [2.45, 2.75) is 32.6 Å². The number of carbonyl (C=O) groups is 1. The zero-order valence-corrected chi connectivity index (χ0v) is 10.9. The number of hydrogen-bond donors (Lipinski definition) is 1. The molecule has 1 aromatic carbocycles. The number of amides is 1. The Bertz CT molecular complexity index is 449. The summed E-state index contributed by atoms with van der Waals surface area (Å²) in [7, 11) is 0. The van der Waals surface area contributed by atoms with Gasteiger partial charge in [-0.1, -0.05) is 31.4 Å². The van der Waals surface area contributed by atoms with E-state index in [0.29, 0.717) is 6.42 Å². The molecule has 0 heterocycles. The number of benzene rings is 1. The van der Waals surface area contributed by atoms with E-state index in [1.165, 1.54) is 18.2 Å². The normalized spacial score (nSPS) is 10.1. The molecule has 1 rings (SSSR count). The molecule has 0 aliphatic heterocycles. The van der Waals surface area contributed by atoms with E-state index in [1.807, 2.05) is 6.92 Å². The molecule has 0 atom stereocenters. The Morgan fingerprint density at radius 2 is 2.17 bits per heavy atom. The Kier molecular flexibility index (Phi) is 5.58. The summed E-state index contributed by atoms with van der Waals surface area (Å²) in [6.07, 6.45) is 3.14. The van der Waals surface area contributed by atoms with Gasteiger partial charge in [0.25, 0.3) is 5.69 Å². The quantitative estimate of drug-likeness (QED) is 0.486. The number of nitro benzene ring substituents is 1. The standard InChI is InChI=1S/C12H15ClN2O3/c1-2-3-4-5-12(16)14-10-7-6-9(13)8-11(10)15(17)18/h6-8H,2-5H2,1H3,(H,14,16). The summed E-state index contributed by atoms with van der Waals surface area (Å²) in [5.74, 6) is -0.214. The first-order chi connectivity index (χ1) is 8.54. The lowest BCUT2D eigenvalue weighted by molar-refractivity contribution is -0.383. The maximum absolute atomic E-state index is 11.6. The molecule has 98 valence electrons. The van der Waals surface area contributed by atoms with Gasteiger partial charge in [0.2, 0.25) is 5.91 Å². The Hall–Kier alpha value is -1.62. The molecular formula is C12H15ClN2O3. The number of anilines is 1. The third-order valence-corrected chi connectivity index (χ3v) is 2.67. The predicted octanol–water partition coefficient (Wildman–Crippen LogP) is 3.77. The van der Waals surface area contributed by atoms with E-state index in [0.717, 1.165) is 19.3 Å². The van der Waals surface area contributed by atoms with Crippen LogP contribution in [0.2, 0.25) is 5.02 Å². The number of rotatable bonds is 6. The first kappa shape index (κ1) is 14.4. The second-order valence-corrected chi connectivity index (χ2v) is 4.36. The maximum Gasteiger partial charge on any atom is 0.294 e. The highest BCUT2D eigenvalue weighted by molar-refractivity contribution is 6.31. The van der Waals surface area contributed by atoms with Crippen LogP contribution < -0.4 is 5.32 Å². The number of unbranched alkanes of at least 4 members (excludes halogenated alkanes) is 2. The molecule has 0 saturated carbocycles. The average Bonchev–Trinajstić information content (AvgIpc) is 2.31. The summed E-state index contributed by atoms with van der Waals surface area (Å²) >= 11 is 5.68. The van der Waals surface area contributed by atoms with Gasteiger partial charge in [-0.05, 0) is 18.6 Å². The summed E-state index contributed by atoms with van der Waals surface area (Å²) in [5.41, 5.74) is -0.00256. The van der Waals surface area contributed by atoms with Gasteiger partial charge < -0.3 is 5.32 Å². The predicted molar refractivity (Wildman–Crippen MR) is 70.9 cm³/mol. The summed E-state index contributed by atoms with van der Waals surface area (Å²) in [6, 6.07) is 4.18. The van der Waals surface area contributed by atoms with E-state index in [-0.39, 0.29) is 22.3 Å². The van der Waals surface area contributed by atoms with Crippen molar-refractivity contribution in [3.05, 3.63) is 33.3 Å². The van der Waals surface area contributed by atoms with Crippen LogP contribution in [0.25, 0.3) is 0 Å². The lowest BCUT2D eigenvalue weighted by Crippen LogP contribution is -2.12. The highest BCUT2D eigenvalue weighted by Gasteiger charge is 2.16. The molecule has 1 amide bonds. The van der Waals surface area contributed by atoms with E-state index in [1.54, 1.807) is 0 Å². The monoisotopic (exact) mass is 270 g/mol. The number of halogens is 1. The van der Waals surface area contributed by atoms with Crippen LogP contribution in [0, 0.1) is 10.1 Å². The Morgan fingerprint density at radius 1 is 1.44 bits per heavy atom. The maximum atomic E-state index is 11.6. The van der Waals surface area contributed by atoms with E-state index >= 15 is 0 Å². The summed E-state index contributed by atoms with van der Waals surface area (Å²) in [6.45, 7) is 2.04. The van der Waals surface area contributed by atoms with Crippen molar-refractivity contribution in [3.63, 3.8) is 0 Å². The number of nitrogens with one attached hydrogen (secondary N) is 1. The van der Waals surface area contributed by atoms with Crippen LogP contribution in [-0.2, 0) is 4.79 Å². The minimum atomic E-state index is -0.562. The fraction of sp³-hybridized carbons (Fsp3) is 0.417. The van der Waals surface area contributed by atoms with Crippen molar-refractivity contribution in [1.29, 1.82) is 0 Å². The van der Waals surface area contributed by atoms with Crippen molar-refractivity contribution in [2.24, 2.45) is 0 Å².